The molecule has 0 aliphatic carbocycles. The summed E-state index contributed by atoms with van der Waals surface area (Å²) in [5, 5.41) is 15.3. The molecule has 0 radical (unpaired) electrons. The number of hydrogen-bond acceptors (Lipinski definition) is 7. The van der Waals surface area contributed by atoms with Gasteiger partial charge < -0.3 is 24.8 Å². The van der Waals surface area contributed by atoms with Crippen LogP contribution in [0.5, 0.6) is 0 Å². The third-order valence-electron chi connectivity index (χ3n) is 6.63. The first kappa shape index (κ1) is 29.3. The van der Waals surface area contributed by atoms with Crippen molar-refractivity contribution >= 4 is 35.2 Å². The van der Waals surface area contributed by atoms with Gasteiger partial charge >= 0.3 is 0 Å². The van der Waals surface area contributed by atoms with Crippen molar-refractivity contribution in [1.29, 1.82) is 0 Å². The zero-order valence-corrected chi connectivity index (χ0v) is 24.2. The molecule has 1 aromatic heterocycles. The highest BCUT2D eigenvalue weighted by atomic mass is 32.2. The molecule has 1 atom stereocenters. The molecular formula is C29H36N6O4S. The fraction of sp³-hybridized carbons (Fsp3) is 0.414. The molecule has 11 heteroatoms. The van der Waals surface area contributed by atoms with Gasteiger partial charge in [-0.25, -0.2) is 0 Å². The number of carbonyl (C=O) groups excluding carboxylic acids is 3. The number of carbonyl (C=O) groups is 3. The zero-order chi connectivity index (χ0) is 28.6. The van der Waals surface area contributed by atoms with Gasteiger partial charge in [-0.05, 0) is 50.1 Å². The topological polar surface area (TPSA) is 118 Å². The standard InChI is InChI=1S/C29H36N6O4S/c1-5-35-26(25(19(2)3)31-27(37)21-11-9-20(4)10-12-21)32-33-29(35)40-18-24(36)30-23-8-6-7-22(17-23)28(38)34-13-15-39-16-14-34/h6-12,17,19,25H,5,13-16,18H2,1-4H3,(H,30,36)(H,31,37)/t25-/m1/s1. The van der Waals surface area contributed by atoms with Crippen LogP contribution in [-0.2, 0) is 16.1 Å². The van der Waals surface area contributed by atoms with E-state index < -0.39 is 0 Å². The van der Waals surface area contributed by atoms with E-state index in [4.69, 9.17) is 4.74 Å². The van der Waals surface area contributed by atoms with Crippen LogP contribution in [0.2, 0.25) is 0 Å². The lowest BCUT2D eigenvalue weighted by atomic mass is 10.0. The summed E-state index contributed by atoms with van der Waals surface area (Å²) in [6, 6.07) is 14.0. The Hall–Kier alpha value is -3.70. The van der Waals surface area contributed by atoms with Gasteiger partial charge in [0.25, 0.3) is 11.8 Å². The second-order valence-electron chi connectivity index (χ2n) is 9.97. The molecule has 10 nitrogen and oxygen atoms in total. The first-order valence-corrected chi connectivity index (χ1v) is 14.5. The van der Waals surface area contributed by atoms with E-state index in [1.165, 1.54) is 11.8 Å². The lowest BCUT2D eigenvalue weighted by Gasteiger charge is -2.27. The molecule has 0 bridgehead atoms. The van der Waals surface area contributed by atoms with Crippen LogP contribution in [0.1, 0.15) is 58.9 Å². The molecule has 2 heterocycles. The third kappa shape index (κ3) is 7.28. The van der Waals surface area contributed by atoms with Gasteiger partial charge in [-0.2, -0.15) is 0 Å². The number of morpholine rings is 1. The second-order valence-corrected chi connectivity index (χ2v) is 10.9. The average molecular weight is 565 g/mol. The lowest BCUT2D eigenvalue weighted by Crippen LogP contribution is -2.40. The lowest BCUT2D eigenvalue weighted by molar-refractivity contribution is -0.113. The van der Waals surface area contributed by atoms with Crippen LogP contribution >= 0.6 is 11.8 Å². The molecular weight excluding hydrogens is 528 g/mol. The van der Waals surface area contributed by atoms with Crippen molar-refractivity contribution in [2.24, 2.45) is 5.92 Å². The van der Waals surface area contributed by atoms with Gasteiger partial charge in [0.15, 0.2) is 11.0 Å². The first-order chi connectivity index (χ1) is 19.3. The maximum Gasteiger partial charge on any atom is 0.254 e. The Morgan fingerprint density at radius 2 is 1.75 bits per heavy atom. The smallest absolute Gasteiger partial charge is 0.254 e. The van der Waals surface area contributed by atoms with Crippen LogP contribution in [0.4, 0.5) is 5.69 Å². The molecule has 3 amide bonds. The van der Waals surface area contributed by atoms with Gasteiger partial charge in [0.2, 0.25) is 5.91 Å². The van der Waals surface area contributed by atoms with E-state index in [0.717, 1.165) is 5.56 Å². The van der Waals surface area contributed by atoms with Gasteiger partial charge in [-0.1, -0.05) is 49.4 Å². The Bertz CT molecular complexity index is 1330. The predicted molar refractivity (Wildman–Crippen MR) is 154 cm³/mol. The zero-order valence-electron chi connectivity index (χ0n) is 23.3. The summed E-state index contributed by atoms with van der Waals surface area (Å²) in [5.74, 6) is 0.356. The van der Waals surface area contributed by atoms with Crippen LogP contribution in [0.25, 0.3) is 0 Å². The van der Waals surface area contributed by atoms with E-state index >= 15 is 0 Å². The summed E-state index contributed by atoms with van der Waals surface area (Å²) in [6.45, 7) is 10.8. The highest BCUT2D eigenvalue weighted by Gasteiger charge is 2.26. The monoisotopic (exact) mass is 564 g/mol. The summed E-state index contributed by atoms with van der Waals surface area (Å²) >= 11 is 1.27. The highest BCUT2D eigenvalue weighted by molar-refractivity contribution is 7.99. The number of thioether (sulfide) groups is 1. The van der Waals surface area contributed by atoms with Crippen molar-refractivity contribution in [1.82, 2.24) is 25.0 Å². The van der Waals surface area contributed by atoms with Crippen molar-refractivity contribution in [2.45, 2.75) is 45.4 Å². The Balaban J connectivity index is 1.39. The molecule has 1 aliphatic heterocycles. The van der Waals surface area contributed by atoms with E-state index in [0.29, 0.717) is 60.6 Å². The Morgan fingerprint density at radius 3 is 2.42 bits per heavy atom. The highest BCUT2D eigenvalue weighted by Crippen LogP contribution is 2.26. The Morgan fingerprint density at radius 1 is 1.02 bits per heavy atom. The maximum atomic E-state index is 12.9. The van der Waals surface area contributed by atoms with Crippen molar-refractivity contribution in [2.75, 3.05) is 37.4 Å². The van der Waals surface area contributed by atoms with E-state index in [1.54, 1.807) is 41.3 Å². The van der Waals surface area contributed by atoms with Crippen LogP contribution in [-0.4, -0.2) is 69.4 Å². The van der Waals surface area contributed by atoms with Crippen molar-refractivity contribution < 1.29 is 19.1 Å². The van der Waals surface area contributed by atoms with Gasteiger partial charge in [0.1, 0.15) is 0 Å². The molecule has 212 valence electrons. The first-order valence-electron chi connectivity index (χ1n) is 13.5. The van der Waals surface area contributed by atoms with Crippen LogP contribution in [0, 0.1) is 12.8 Å². The van der Waals surface area contributed by atoms with E-state index in [9.17, 15) is 14.4 Å². The molecule has 3 aromatic rings. The minimum absolute atomic E-state index is 0.0671. The quantitative estimate of drug-likeness (QED) is 0.358. The fourth-order valence-corrected chi connectivity index (χ4v) is 5.21. The fourth-order valence-electron chi connectivity index (χ4n) is 4.40. The summed E-state index contributed by atoms with van der Waals surface area (Å²) in [7, 11) is 0. The van der Waals surface area contributed by atoms with Crippen molar-refractivity contribution in [3.8, 4) is 0 Å². The number of aryl methyl sites for hydroxylation is 1. The molecule has 40 heavy (non-hydrogen) atoms. The Kier molecular flexibility index (Phi) is 9.94. The van der Waals surface area contributed by atoms with Gasteiger partial charge in [-0.15, -0.1) is 10.2 Å². The molecule has 0 spiro atoms. The minimum atomic E-state index is -0.351. The number of nitrogens with zero attached hydrogens (tertiary/aromatic N) is 4. The molecule has 2 aromatic carbocycles. The molecule has 0 unspecified atom stereocenters. The summed E-state index contributed by atoms with van der Waals surface area (Å²) in [4.78, 5) is 40.3. The number of amides is 3. The number of aromatic nitrogens is 3. The maximum absolute atomic E-state index is 12.9. The second kappa shape index (κ2) is 13.6. The Labute approximate surface area is 238 Å². The minimum Gasteiger partial charge on any atom is -0.378 e. The average Bonchev–Trinajstić information content (AvgIpc) is 3.37. The molecule has 2 N–H and O–H groups in total. The number of rotatable bonds is 10. The van der Waals surface area contributed by atoms with E-state index in [1.807, 2.05) is 44.4 Å². The third-order valence-corrected chi connectivity index (χ3v) is 7.60. The number of nitrogens with one attached hydrogen (secondary N) is 2. The molecule has 0 saturated carbocycles. The number of benzene rings is 2. The van der Waals surface area contributed by atoms with Crippen LogP contribution in [0.15, 0.2) is 53.7 Å². The number of anilines is 1. The van der Waals surface area contributed by atoms with E-state index in [-0.39, 0.29) is 35.4 Å². The molecule has 1 saturated heterocycles. The summed E-state index contributed by atoms with van der Waals surface area (Å²) < 4.78 is 7.25. The molecule has 1 fully saturated rings. The normalized spacial score (nSPS) is 14.2. The largest absolute Gasteiger partial charge is 0.378 e. The van der Waals surface area contributed by atoms with Crippen molar-refractivity contribution in [3.63, 3.8) is 0 Å². The van der Waals surface area contributed by atoms with Gasteiger partial charge in [0.05, 0.1) is 25.0 Å². The van der Waals surface area contributed by atoms with Gasteiger partial charge in [-0.3, -0.25) is 14.4 Å². The summed E-state index contributed by atoms with van der Waals surface area (Å²) in [5.41, 5.74) is 2.75. The SMILES string of the molecule is CCn1c(SCC(=O)Nc2cccc(C(=O)N3CCOCC3)c2)nnc1[C@H](NC(=O)c1ccc(C)cc1)C(C)C. The number of hydrogen-bond donors (Lipinski definition) is 2. The predicted octanol–water partition coefficient (Wildman–Crippen LogP) is 3.94. The van der Waals surface area contributed by atoms with Crippen LogP contribution < -0.4 is 10.6 Å². The summed E-state index contributed by atoms with van der Waals surface area (Å²) in [6.07, 6.45) is 0. The molecule has 4 rings (SSSR count). The van der Waals surface area contributed by atoms with E-state index in [2.05, 4.69) is 20.8 Å². The molecule has 1 aliphatic rings. The van der Waals surface area contributed by atoms with Crippen molar-refractivity contribution in [3.05, 3.63) is 71.0 Å². The van der Waals surface area contributed by atoms with Crippen LogP contribution in [0.3, 0.4) is 0 Å². The number of ether oxygens (including phenoxy) is 1. The van der Waals surface area contributed by atoms with Gasteiger partial charge in [0, 0.05) is 36.4 Å².